The summed E-state index contributed by atoms with van der Waals surface area (Å²) in [5.74, 6) is 0.795. The third kappa shape index (κ3) is 2.75. The number of nitrogens with zero attached hydrogens (tertiary/aromatic N) is 1. The van der Waals surface area contributed by atoms with Crippen LogP contribution in [0.5, 0.6) is 5.75 Å². The summed E-state index contributed by atoms with van der Waals surface area (Å²) in [4.78, 5) is 11.1. The van der Waals surface area contributed by atoms with Crippen molar-refractivity contribution in [2.75, 3.05) is 13.2 Å². The molecule has 1 N–H and O–H groups in total. The zero-order chi connectivity index (χ0) is 12.1. The van der Waals surface area contributed by atoms with Gasteiger partial charge in [0.25, 0.3) is 0 Å². The third-order valence-electron chi connectivity index (χ3n) is 2.35. The van der Waals surface area contributed by atoms with Crippen molar-refractivity contribution in [1.29, 1.82) is 0 Å². The topological polar surface area (TPSA) is 59.9 Å². The van der Waals surface area contributed by atoms with Crippen molar-refractivity contribution in [3.8, 4) is 5.75 Å². The van der Waals surface area contributed by atoms with Crippen LogP contribution in [0.1, 0.15) is 18.9 Å². The van der Waals surface area contributed by atoms with Gasteiger partial charge in [0.2, 0.25) is 0 Å². The number of hydrogen-bond donors (Lipinski definition) is 1. The van der Waals surface area contributed by atoms with E-state index in [0.717, 1.165) is 17.0 Å². The van der Waals surface area contributed by atoms with Gasteiger partial charge in [0.1, 0.15) is 5.75 Å². The molecule has 1 aliphatic heterocycles. The lowest BCUT2D eigenvalue weighted by molar-refractivity contribution is 0.152. The van der Waals surface area contributed by atoms with E-state index in [4.69, 9.17) is 9.47 Å². The molecule has 1 heterocycles. The monoisotopic (exact) mass is 234 g/mol. The number of para-hydroxylation sites is 1. The molecule has 0 saturated carbocycles. The number of nitrogens with one attached hydrogen (secondary N) is 1. The Labute approximate surface area is 99.4 Å². The number of carbonyl (C=O) groups excluding carboxylic acids is 1. The normalized spacial score (nSPS) is 15.9. The molecule has 1 aliphatic rings. The van der Waals surface area contributed by atoms with Crippen molar-refractivity contribution in [2.45, 2.75) is 13.3 Å². The highest BCUT2D eigenvalue weighted by molar-refractivity contribution is 6.03. The predicted octanol–water partition coefficient (Wildman–Crippen LogP) is 1.92. The van der Waals surface area contributed by atoms with Gasteiger partial charge in [-0.15, -0.1) is 0 Å². The molecule has 1 amide bonds. The van der Waals surface area contributed by atoms with E-state index in [0.29, 0.717) is 19.6 Å². The Balaban J connectivity index is 2.12. The van der Waals surface area contributed by atoms with E-state index >= 15 is 0 Å². The molecular weight excluding hydrogens is 220 g/mol. The smallest absolute Gasteiger partial charge is 0.427 e. The molecule has 0 spiro atoms. The molecule has 0 aromatic heterocycles. The van der Waals surface area contributed by atoms with Crippen molar-refractivity contribution in [3.63, 3.8) is 0 Å². The first-order chi connectivity index (χ1) is 8.31. The van der Waals surface area contributed by atoms with Gasteiger partial charge in [-0.25, -0.2) is 10.2 Å². The Kier molecular flexibility index (Phi) is 3.59. The first-order valence-electron chi connectivity index (χ1n) is 5.52. The average Bonchev–Trinajstić information content (AvgIpc) is 2.36. The van der Waals surface area contributed by atoms with Gasteiger partial charge in [-0.1, -0.05) is 12.1 Å². The minimum absolute atomic E-state index is 0.330. The number of hydrazone groups is 1. The summed E-state index contributed by atoms with van der Waals surface area (Å²) in [6, 6.07) is 7.61. The van der Waals surface area contributed by atoms with E-state index in [9.17, 15) is 4.79 Å². The molecule has 0 radical (unpaired) electrons. The lowest BCUT2D eigenvalue weighted by Gasteiger charge is -2.18. The Bertz CT molecular complexity index is 443. The second-order valence-corrected chi connectivity index (χ2v) is 3.49. The molecule has 90 valence electrons. The van der Waals surface area contributed by atoms with Crippen LogP contribution in [0.4, 0.5) is 4.79 Å². The Morgan fingerprint density at radius 2 is 2.35 bits per heavy atom. The maximum Gasteiger partial charge on any atom is 0.427 e. The van der Waals surface area contributed by atoms with Crippen molar-refractivity contribution >= 4 is 11.8 Å². The summed E-state index contributed by atoms with van der Waals surface area (Å²) in [5, 5.41) is 4.06. The van der Waals surface area contributed by atoms with Crippen molar-refractivity contribution in [2.24, 2.45) is 5.10 Å². The van der Waals surface area contributed by atoms with Crippen LogP contribution in [-0.4, -0.2) is 25.0 Å². The van der Waals surface area contributed by atoms with Crippen LogP contribution < -0.4 is 10.2 Å². The van der Waals surface area contributed by atoms with Crippen LogP contribution >= 0.6 is 0 Å². The number of carbonyl (C=O) groups is 1. The Morgan fingerprint density at radius 3 is 3.18 bits per heavy atom. The maximum absolute atomic E-state index is 11.1. The Hall–Kier alpha value is -2.04. The minimum atomic E-state index is -0.538. The summed E-state index contributed by atoms with van der Waals surface area (Å²) in [6.45, 7) is 2.65. The fourth-order valence-electron chi connectivity index (χ4n) is 1.62. The molecule has 2 rings (SSSR count). The van der Waals surface area contributed by atoms with Gasteiger partial charge in [-0.05, 0) is 19.1 Å². The molecule has 0 aliphatic carbocycles. The van der Waals surface area contributed by atoms with Crippen LogP contribution in [0.3, 0.4) is 0 Å². The summed E-state index contributed by atoms with van der Waals surface area (Å²) < 4.78 is 10.2. The zero-order valence-corrected chi connectivity index (χ0v) is 9.60. The van der Waals surface area contributed by atoms with E-state index in [-0.39, 0.29) is 0 Å². The maximum atomic E-state index is 11.1. The second kappa shape index (κ2) is 5.34. The Morgan fingerprint density at radius 1 is 1.53 bits per heavy atom. The minimum Gasteiger partial charge on any atom is -0.492 e. The first kappa shape index (κ1) is 11.4. The molecule has 0 unspecified atom stereocenters. The highest BCUT2D eigenvalue weighted by Gasteiger charge is 2.16. The molecule has 0 saturated heterocycles. The van der Waals surface area contributed by atoms with Crippen molar-refractivity contribution in [3.05, 3.63) is 29.8 Å². The molecule has 1 aromatic rings. The van der Waals surface area contributed by atoms with Gasteiger partial charge in [-0.3, -0.25) is 0 Å². The molecule has 0 fully saturated rings. The van der Waals surface area contributed by atoms with Gasteiger partial charge in [0.05, 0.1) is 18.9 Å². The van der Waals surface area contributed by atoms with E-state index in [1.807, 2.05) is 24.3 Å². The molecule has 5 heteroatoms. The highest BCUT2D eigenvalue weighted by Crippen LogP contribution is 2.24. The zero-order valence-electron chi connectivity index (χ0n) is 9.60. The number of fused-ring (bicyclic) bond motifs is 1. The number of hydrogen-bond acceptors (Lipinski definition) is 4. The van der Waals surface area contributed by atoms with Gasteiger partial charge >= 0.3 is 6.09 Å². The van der Waals surface area contributed by atoms with Crippen molar-refractivity contribution < 1.29 is 14.3 Å². The fraction of sp³-hybridized carbons (Fsp3) is 0.333. The van der Waals surface area contributed by atoms with Crippen LogP contribution in [0.15, 0.2) is 29.4 Å². The summed E-state index contributed by atoms with van der Waals surface area (Å²) in [5.41, 5.74) is 4.08. The quantitative estimate of drug-likeness (QED) is 0.795. The number of rotatable bonds is 2. The summed E-state index contributed by atoms with van der Waals surface area (Å²) in [7, 11) is 0. The van der Waals surface area contributed by atoms with Crippen LogP contribution in [0, 0.1) is 0 Å². The van der Waals surface area contributed by atoms with Gasteiger partial charge in [0.15, 0.2) is 0 Å². The number of benzene rings is 1. The standard InChI is InChI=1S/C12H14N2O3/c1-2-16-12(15)14-13-10-7-8-17-11-6-4-3-5-9(10)11/h3-6H,2,7-8H2,1H3,(H,14,15). The molecular formula is C12H14N2O3. The van der Waals surface area contributed by atoms with Crippen LogP contribution in [0.2, 0.25) is 0 Å². The summed E-state index contributed by atoms with van der Waals surface area (Å²) >= 11 is 0. The highest BCUT2D eigenvalue weighted by atomic mass is 16.5. The number of amides is 1. The molecule has 0 bridgehead atoms. The van der Waals surface area contributed by atoms with E-state index in [1.54, 1.807) is 6.92 Å². The average molecular weight is 234 g/mol. The van der Waals surface area contributed by atoms with E-state index in [1.165, 1.54) is 0 Å². The lowest BCUT2D eigenvalue weighted by Crippen LogP contribution is -2.24. The van der Waals surface area contributed by atoms with Crippen LogP contribution in [0.25, 0.3) is 0 Å². The van der Waals surface area contributed by atoms with Gasteiger partial charge < -0.3 is 9.47 Å². The number of ether oxygens (including phenoxy) is 2. The first-order valence-corrected chi connectivity index (χ1v) is 5.52. The SMILES string of the molecule is CCOC(=O)NN=C1CCOc2ccccc21. The van der Waals surface area contributed by atoms with Gasteiger partial charge in [0, 0.05) is 12.0 Å². The van der Waals surface area contributed by atoms with E-state index in [2.05, 4.69) is 10.5 Å². The van der Waals surface area contributed by atoms with E-state index < -0.39 is 6.09 Å². The second-order valence-electron chi connectivity index (χ2n) is 3.49. The lowest BCUT2D eigenvalue weighted by atomic mass is 10.0. The third-order valence-corrected chi connectivity index (χ3v) is 2.35. The predicted molar refractivity (Wildman–Crippen MR) is 63.2 cm³/mol. The molecule has 17 heavy (non-hydrogen) atoms. The van der Waals surface area contributed by atoms with Crippen LogP contribution in [-0.2, 0) is 4.74 Å². The largest absolute Gasteiger partial charge is 0.492 e. The fourth-order valence-corrected chi connectivity index (χ4v) is 1.62. The summed E-state index contributed by atoms with van der Waals surface area (Å²) in [6.07, 6.45) is 0.132. The molecule has 0 atom stereocenters. The molecule has 5 nitrogen and oxygen atoms in total. The van der Waals surface area contributed by atoms with Crippen molar-refractivity contribution in [1.82, 2.24) is 5.43 Å². The molecule has 1 aromatic carbocycles. The van der Waals surface area contributed by atoms with Gasteiger partial charge in [-0.2, -0.15) is 5.10 Å².